The van der Waals surface area contributed by atoms with Gasteiger partial charge in [0.15, 0.2) is 0 Å². The van der Waals surface area contributed by atoms with Crippen LogP contribution in [-0.2, 0) is 10.0 Å². The molecule has 3 N–H and O–H groups in total. The van der Waals surface area contributed by atoms with Gasteiger partial charge in [0.2, 0.25) is 10.0 Å². The van der Waals surface area contributed by atoms with E-state index in [2.05, 4.69) is 9.62 Å². The molecule has 0 aliphatic carbocycles. The highest BCUT2D eigenvalue weighted by Gasteiger charge is 2.30. The molecule has 1 saturated heterocycles. The molecule has 118 valence electrons. The molecule has 1 heterocycles. The average molecular weight is 315 g/mol. The lowest BCUT2D eigenvalue weighted by atomic mass is 9.95. The Labute approximate surface area is 125 Å². The summed E-state index contributed by atoms with van der Waals surface area (Å²) in [5.74, 6) is -0.598. The topological polar surface area (TPSA) is 75.4 Å². The maximum Gasteiger partial charge on any atom is 0.243 e. The van der Waals surface area contributed by atoms with Crippen LogP contribution in [0.3, 0.4) is 0 Å². The Balaban J connectivity index is 2.25. The highest BCUT2D eigenvalue weighted by molar-refractivity contribution is 7.89. The van der Waals surface area contributed by atoms with Crippen molar-refractivity contribution < 1.29 is 12.8 Å². The predicted molar refractivity (Wildman–Crippen MR) is 80.9 cm³/mol. The lowest BCUT2D eigenvalue weighted by molar-refractivity contribution is 0.188. The molecule has 0 saturated carbocycles. The first-order chi connectivity index (χ1) is 9.70. The van der Waals surface area contributed by atoms with Crippen molar-refractivity contribution in [3.8, 4) is 0 Å². The van der Waals surface area contributed by atoms with Crippen molar-refractivity contribution in [2.75, 3.05) is 25.9 Å². The first-order valence-electron chi connectivity index (χ1n) is 6.97. The van der Waals surface area contributed by atoms with Crippen molar-refractivity contribution in [2.45, 2.75) is 31.2 Å². The van der Waals surface area contributed by atoms with E-state index < -0.39 is 15.8 Å². The first kappa shape index (κ1) is 16.2. The van der Waals surface area contributed by atoms with Crippen LogP contribution in [0.2, 0.25) is 0 Å². The molecule has 0 spiro atoms. The highest BCUT2D eigenvalue weighted by atomic mass is 32.2. The van der Waals surface area contributed by atoms with Crippen molar-refractivity contribution >= 4 is 15.7 Å². The van der Waals surface area contributed by atoms with E-state index in [1.807, 2.05) is 14.0 Å². The van der Waals surface area contributed by atoms with Crippen LogP contribution in [-0.4, -0.2) is 39.5 Å². The monoisotopic (exact) mass is 315 g/mol. The number of benzene rings is 1. The van der Waals surface area contributed by atoms with Crippen molar-refractivity contribution in [1.82, 2.24) is 9.62 Å². The summed E-state index contributed by atoms with van der Waals surface area (Å²) in [4.78, 5) is 1.77. The van der Waals surface area contributed by atoms with Crippen LogP contribution in [0.4, 0.5) is 10.1 Å². The molecule has 1 aromatic rings. The predicted octanol–water partition coefficient (Wildman–Crippen LogP) is 1.33. The number of hydrogen-bond acceptors (Lipinski definition) is 4. The largest absolute Gasteiger partial charge is 0.398 e. The summed E-state index contributed by atoms with van der Waals surface area (Å²) in [6.07, 6.45) is 0.708. The van der Waals surface area contributed by atoms with Gasteiger partial charge in [-0.05, 0) is 50.6 Å². The second-order valence-electron chi connectivity index (χ2n) is 5.90. The van der Waals surface area contributed by atoms with Crippen LogP contribution in [0.25, 0.3) is 0 Å². The number of halogens is 1. The van der Waals surface area contributed by atoms with E-state index in [0.717, 1.165) is 19.2 Å². The Morgan fingerprint density at radius 2 is 2.10 bits per heavy atom. The molecule has 0 bridgehead atoms. The van der Waals surface area contributed by atoms with Crippen LogP contribution in [0.15, 0.2) is 17.0 Å². The van der Waals surface area contributed by atoms with E-state index in [1.165, 1.54) is 6.07 Å². The van der Waals surface area contributed by atoms with Gasteiger partial charge in [0.05, 0.1) is 0 Å². The molecule has 0 aromatic heterocycles. The number of rotatable bonds is 3. The molecule has 1 aliphatic heterocycles. The third kappa shape index (κ3) is 3.53. The first-order valence-corrected chi connectivity index (χ1v) is 8.45. The quantitative estimate of drug-likeness (QED) is 0.825. The van der Waals surface area contributed by atoms with Gasteiger partial charge in [-0.25, -0.2) is 17.5 Å². The summed E-state index contributed by atoms with van der Waals surface area (Å²) in [5, 5.41) is 0. The second kappa shape index (κ2) is 5.90. The second-order valence-corrected chi connectivity index (χ2v) is 7.58. The molecular formula is C14H22FN3O2S. The molecule has 2 unspecified atom stereocenters. The molecule has 0 amide bonds. The Morgan fingerprint density at radius 3 is 2.71 bits per heavy atom. The summed E-state index contributed by atoms with van der Waals surface area (Å²) in [5.41, 5.74) is 6.50. The standard InChI is InChI=1S/C14H22FN3O2S/c1-9-6-11(15)14(7-12(9)16)21(19,20)17-13-4-5-18(3)8-10(13)2/h6-7,10,13,17H,4-5,8,16H2,1-3H3. The van der Waals surface area contributed by atoms with Gasteiger partial charge in [0.25, 0.3) is 0 Å². The van der Waals surface area contributed by atoms with Gasteiger partial charge < -0.3 is 10.6 Å². The van der Waals surface area contributed by atoms with Gasteiger partial charge in [-0.3, -0.25) is 0 Å². The van der Waals surface area contributed by atoms with Gasteiger partial charge in [-0.1, -0.05) is 6.92 Å². The number of nitrogen functional groups attached to an aromatic ring is 1. The van der Waals surface area contributed by atoms with Gasteiger partial charge >= 0.3 is 0 Å². The molecule has 21 heavy (non-hydrogen) atoms. The number of likely N-dealkylation sites (tertiary alicyclic amines) is 1. The Kier molecular flexibility index (Phi) is 4.55. The number of hydrogen-bond donors (Lipinski definition) is 2. The summed E-state index contributed by atoms with van der Waals surface area (Å²) in [7, 11) is -1.90. The number of aryl methyl sites for hydroxylation is 1. The van der Waals surface area contributed by atoms with Crippen LogP contribution in [0.5, 0.6) is 0 Å². The van der Waals surface area contributed by atoms with Gasteiger partial charge in [0.1, 0.15) is 10.7 Å². The minimum Gasteiger partial charge on any atom is -0.398 e. The molecule has 1 fully saturated rings. The van der Waals surface area contributed by atoms with Crippen LogP contribution < -0.4 is 10.5 Å². The zero-order valence-electron chi connectivity index (χ0n) is 12.6. The zero-order chi connectivity index (χ0) is 15.8. The minimum atomic E-state index is -3.90. The Hall–Kier alpha value is -1.18. The zero-order valence-corrected chi connectivity index (χ0v) is 13.4. The number of piperidine rings is 1. The maximum atomic E-state index is 14.0. The van der Waals surface area contributed by atoms with Crippen molar-refractivity contribution in [2.24, 2.45) is 5.92 Å². The Bertz CT molecular complexity index is 633. The van der Waals surface area contributed by atoms with E-state index in [9.17, 15) is 12.8 Å². The van der Waals surface area contributed by atoms with E-state index in [0.29, 0.717) is 12.0 Å². The number of nitrogens with two attached hydrogens (primary N) is 1. The summed E-state index contributed by atoms with van der Waals surface area (Å²) in [6, 6.07) is 2.15. The normalized spacial score (nSPS) is 24.2. The third-order valence-electron chi connectivity index (χ3n) is 4.02. The third-order valence-corrected chi connectivity index (χ3v) is 5.53. The van der Waals surface area contributed by atoms with E-state index in [-0.39, 0.29) is 22.5 Å². The van der Waals surface area contributed by atoms with Gasteiger partial charge in [0, 0.05) is 18.3 Å². The smallest absolute Gasteiger partial charge is 0.243 e. The molecule has 1 aliphatic rings. The van der Waals surface area contributed by atoms with Crippen molar-refractivity contribution in [3.05, 3.63) is 23.5 Å². The minimum absolute atomic E-state index is 0.171. The molecule has 5 nitrogen and oxygen atoms in total. The summed E-state index contributed by atoms with van der Waals surface area (Å²) >= 11 is 0. The van der Waals surface area contributed by atoms with E-state index in [4.69, 9.17) is 5.73 Å². The van der Waals surface area contributed by atoms with Crippen LogP contribution >= 0.6 is 0 Å². The van der Waals surface area contributed by atoms with Crippen molar-refractivity contribution in [1.29, 1.82) is 0 Å². The van der Waals surface area contributed by atoms with E-state index >= 15 is 0 Å². The summed E-state index contributed by atoms with van der Waals surface area (Å²) < 4.78 is 41.4. The van der Waals surface area contributed by atoms with Crippen molar-refractivity contribution in [3.63, 3.8) is 0 Å². The molecule has 7 heteroatoms. The molecule has 1 aromatic carbocycles. The number of sulfonamides is 1. The Morgan fingerprint density at radius 1 is 1.43 bits per heavy atom. The molecule has 2 rings (SSSR count). The lowest BCUT2D eigenvalue weighted by Crippen LogP contribution is -2.48. The molecule has 2 atom stereocenters. The molecule has 0 radical (unpaired) electrons. The fraction of sp³-hybridized carbons (Fsp3) is 0.571. The molecular weight excluding hydrogens is 293 g/mol. The fourth-order valence-electron chi connectivity index (χ4n) is 2.67. The van der Waals surface area contributed by atoms with Crippen LogP contribution in [0.1, 0.15) is 18.9 Å². The highest BCUT2D eigenvalue weighted by Crippen LogP contribution is 2.23. The summed E-state index contributed by atoms with van der Waals surface area (Å²) in [6.45, 7) is 5.26. The average Bonchev–Trinajstić information content (AvgIpc) is 2.37. The fourth-order valence-corrected chi connectivity index (χ4v) is 4.14. The number of nitrogens with one attached hydrogen (secondary N) is 1. The maximum absolute atomic E-state index is 14.0. The van der Waals surface area contributed by atoms with Gasteiger partial charge in [-0.15, -0.1) is 0 Å². The number of nitrogens with zero attached hydrogens (tertiary/aromatic N) is 1. The number of anilines is 1. The van der Waals surface area contributed by atoms with Crippen LogP contribution in [0, 0.1) is 18.7 Å². The lowest BCUT2D eigenvalue weighted by Gasteiger charge is -2.35. The SMILES string of the molecule is Cc1cc(F)c(S(=O)(=O)NC2CCN(C)CC2C)cc1N. The van der Waals surface area contributed by atoms with E-state index in [1.54, 1.807) is 6.92 Å². The van der Waals surface area contributed by atoms with Gasteiger partial charge in [-0.2, -0.15) is 0 Å².